The molecule has 0 radical (unpaired) electrons. The molecule has 2 aromatic carbocycles. The molecule has 94 valence electrons. The first-order valence-electron chi connectivity index (χ1n) is 6.50. The number of hydrogen-bond acceptors (Lipinski definition) is 1. The summed E-state index contributed by atoms with van der Waals surface area (Å²) < 4.78 is 0. The first-order chi connectivity index (χ1) is 8.74. The van der Waals surface area contributed by atoms with Crippen molar-refractivity contribution in [1.29, 1.82) is 0 Å². The Labute approximate surface area is 108 Å². The maximum absolute atomic E-state index is 12.0. The molecule has 0 fully saturated rings. The lowest BCUT2D eigenvalue weighted by atomic mass is 10.0. The molecule has 0 aliphatic heterocycles. The molecule has 0 bridgehead atoms. The summed E-state index contributed by atoms with van der Waals surface area (Å²) in [6, 6.07) is 14.5. The van der Waals surface area contributed by atoms with Gasteiger partial charge in [-0.05, 0) is 30.2 Å². The summed E-state index contributed by atoms with van der Waals surface area (Å²) in [4.78, 5) is 13.9. The first-order valence-corrected chi connectivity index (χ1v) is 6.50. The van der Waals surface area contributed by atoms with Crippen LogP contribution in [0, 0.1) is 0 Å². The average Bonchev–Trinajstić information content (AvgIpc) is 2.40. The maximum Gasteiger partial charge on any atom is 0.226 e. The van der Waals surface area contributed by atoms with Gasteiger partial charge in [-0.3, -0.25) is 4.79 Å². The van der Waals surface area contributed by atoms with Gasteiger partial charge >= 0.3 is 0 Å². The molecule has 18 heavy (non-hydrogen) atoms. The third-order valence-electron chi connectivity index (χ3n) is 3.29. The SMILES string of the molecule is CCN(CC)C(=O)Cc1ccc2ccccc2c1. The van der Waals surface area contributed by atoms with Gasteiger partial charge in [0.15, 0.2) is 0 Å². The number of amides is 1. The van der Waals surface area contributed by atoms with Crippen LogP contribution in [0.3, 0.4) is 0 Å². The molecule has 2 rings (SSSR count). The van der Waals surface area contributed by atoms with Gasteiger partial charge in [-0.15, -0.1) is 0 Å². The molecule has 0 unspecified atom stereocenters. The summed E-state index contributed by atoms with van der Waals surface area (Å²) in [6.45, 7) is 5.59. The minimum absolute atomic E-state index is 0.204. The minimum Gasteiger partial charge on any atom is -0.343 e. The molecular weight excluding hydrogens is 222 g/mol. The van der Waals surface area contributed by atoms with Gasteiger partial charge in [-0.1, -0.05) is 42.5 Å². The van der Waals surface area contributed by atoms with Crippen molar-refractivity contribution in [3.05, 3.63) is 48.0 Å². The minimum atomic E-state index is 0.204. The lowest BCUT2D eigenvalue weighted by Crippen LogP contribution is -2.31. The van der Waals surface area contributed by atoms with Gasteiger partial charge in [0.25, 0.3) is 0 Å². The lowest BCUT2D eigenvalue weighted by Gasteiger charge is -2.18. The Morgan fingerprint density at radius 1 is 1.00 bits per heavy atom. The average molecular weight is 241 g/mol. The third-order valence-corrected chi connectivity index (χ3v) is 3.29. The van der Waals surface area contributed by atoms with Gasteiger partial charge < -0.3 is 4.90 Å². The number of benzene rings is 2. The van der Waals surface area contributed by atoms with Gasteiger partial charge in [0.2, 0.25) is 5.91 Å². The fourth-order valence-corrected chi connectivity index (χ4v) is 2.21. The Hall–Kier alpha value is -1.83. The topological polar surface area (TPSA) is 20.3 Å². The summed E-state index contributed by atoms with van der Waals surface area (Å²) >= 11 is 0. The van der Waals surface area contributed by atoms with E-state index in [1.807, 2.05) is 36.9 Å². The van der Waals surface area contributed by atoms with Crippen LogP contribution in [0.1, 0.15) is 19.4 Å². The van der Waals surface area contributed by atoms with E-state index in [0.29, 0.717) is 6.42 Å². The zero-order chi connectivity index (χ0) is 13.0. The van der Waals surface area contributed by atoms with E-state index >= 15 is 0 Å². The van der Waals surface area contributed by atoms with E-state index in [0.717, 1.165) is 18.7 Å². The van der Waals surface area contributed by atoms with Gasteiger partial charge in [0.1, 0.15) is 0 Å². The highest BCUT2D eigenvalue weighted by atomic mass is 16.2. The van der Waals surface area contributed by atoms with E-state index in [1.165, 1.54) is 10.8 Å². The van der Waals surface area contributed by atoms with Crippen molar-refractivity contribution < 1.29 is 4.79 Å². The van der Waals surface area contributed by atoms with E-state index in [9.17, 15) is 4.79 Å². The Kier molecular flexibility index (Phi) is 3.98. The second kappa shape index (κ2) is 5.67. The predicted molar refractivity (Wildman–Crippen MR) is 75.6 cm³/mol. The van der Waals surface area contributed by atoms with E-state index < -0.39 is 0 Å². The highest BCUT2D eigenvalue weighted by molar-refractivity contribution is 5.85. The van der Waals surface area contributed by atoms with Gasteiger partial charge in [0.05, 0.1) is 6.42 Å². The monoisotopic (exact) mass is 241 g/mol. The Morgan fingerprint density at radius 3 is 2.33 bits per heavy atom. The van der Waals surface area contributed by atoms with E-state index in [2.05, 4.69) is 24.3 Å². The Morgan fingerprint density at radius 2 is 1.67 bits per heavy atom. The standard InChI is InChI=1S/C16H19NO/c1-3-17(4-2)16(18)12-13-9-10-14-7-5-6-8-15(14)11-13/h5-11H,3-4,12H2,1-2H3. The summed E-state index contributed by atoms with van der Waals surface area (Å²) in [7, 11) is 0. The highest BCUT2D eigenvalue weighted by Gasteiger charge is 2.10. The molecular formula is C16H19NO. The summed E-state index contributed by atoms with van der Waals surface area (Å²) in [5, 5.41) is 2.42. The van der Waals surface area contributed by atoms with Gasteiger partial charge in [0, 0.05) is 13.1 Å². The molecule has 0 saturated carbocycles. The number of likely N-dealkylation sites (N-methyl/N-ethyl adjacent to an activating group) is 1. The highest BCUT2D eigenvalue weighted by Crippen LogP contribution is 2.16. The number of carbonyl (C=O) groups excluding carboxylic acids is 1. The molecule has 0 spiro atoms. The van der Waals surface area contributed by atoms with Crippen molar-refractivity contribution in [3.63, 3.8) is 0 Å². The molecule has 2 nitrogen and oxygen atoms in total. The zero-order valence-corrected chi connectivity index (χ0v) is 11.0. The molecule has 0 aliphatic carbocycles. The van der Waals surface area contributed by atoms with Crippen LogP contribution < -0.4 is 0 Å². The van der Waals surface area contributed by atoms with Crippen LogP contribution in [0.2, 0.25) is 0 Å². The van der Waals surface area contributed by atoms with Crippen molar-refractivity contribution in [2.75, 3.05) is 13.1 Å². The predicted octanol–water partition coefficient (Wildman–Crippen LogP) is 3.25. The van der Waals surface area contributed by atoms with E-state index in [-0.39, 0.29) is 5.91 Å². The molecule has 2 aromatic rings. The Bertz CT molecular complexity index is 544. The first kappa shape index (κ1) is 12.6. The van der Waals surface area contributed by atoms with Crippen LogP contribution in [0.4, 0.5) is 0 Å². The summed E-state index contributed by atoms with van der Waals surface area (Å²) in [6.07, 6.45) is 0.493. The van der Waals surface area contributed by atoms with Crippen molar-refractivity contribution in [2.45, 2.75) is 20.3 Å². The van der Waals surface area contributed by atoms with Crippen LogP contribution in [-0.4, -0.2) is 23.9 Å². The molecule has 0 atom stereocenters. The smallest absolute Gasteiger partial charge is 0.226 e. The third kappa shape index (κ3) is 2.70. The lowest BCUT2D eigenvalue weighted by molar-refractivity contribution is -0.130. The van der Waals surface area contributed by atoms with Crippen LogP contribution in [0.15, 0.2) is 42.5 Å². The molecule has 0 saturated heterocycles. The van der Waals surface area contributed by atoms with Crippen LogP contribution in [0.5, 0.6) is 0 Å². The van der Waals surface area contributed by atoms with E-state index in [4.69, 9.17) is 0 Å². The maximum atomic E-state index is 12.0. The number of hydrogen-bond donors (Lipinski definition) is 0. The van der Waals surface area contributed by atoms with Crippen molar-refractivity contribution in [3.8, 4) is 0 Å². The number of fused-ring (bicyclic) bond motifs is 1. The zero-order valence-electron chi connectivity index (χ0n) is 11.0. The molecule has 0 heterocycles. The largest absolute Gasteiger partial charge is 0.343 e. The fraction of sp³-hybridized carbons (Fsp3) is 0.312. The van der Waals surface area contributed by atoms with Crippen molar-refractivity contribution in [1.82, 2.24) is 4.90 Å². The fourth-order valence-electron chi connectivity index (χ4n) is 2.21. The molecule has 0 aliphatic rings. The quantitative estimate of drug-likeness (QED) is 0.804. The van der Waals surface area contributed by atoms with Crippen molar-refractivity contribution >= 4 is 16.7 Å². The number of rotatable bonds is 4. The number of carbonyl (C=O) groups is 1. The molecule has 1 amide bonds. The number of nitrogens with zero attached hydrogens (tertiary/aromatic N) is 1. The normalized spacial score (nSPS) is 10.6. The molecule has 0 N–H and O–H groups in total. The van der Waals surface area contributed by atoms with Crippen molar-refractivity contribution in [2.24, 2.45) is 0 Å². The molecule has 2 heteroatoms. The molecule has 0 aromatic heterocycles. The van der Waals surface area contributed by atoms with Crippen LogP contribution in [-0.2, 0) is 11.2 Å². The van der Waals surface area contributed by atoms with E-state index in [1.54, 1.807) is 0 Å². The summed E-state index contributed by atoms with van der Waals surface area (Å²) in [5.41, 5.74) is 1.09. The van der Waals surface area contributed by atoms with Gasteiger partial charge in [-0.25, -0.2) is 0 Å². The Balaban J connectivity index is 2.19. The van der Waals surface area contributed by atoms with Gasteiger partial charge in [-0.2, -0.15) is 0 Å². The van der Waals surface area contributed by atoms with Crippen LogP contribution >= 0.6 is 0 Å². The van der Waals surface area contributed by atoms with Crippen LogP contribution in [0.25, 0.3) is 10.8 Å². The second-order valence-electron chi connectivity index (χ2n) is 4.42. The summed E-state index contributed by atoms with van der Waals surface area (Å²) in [5.74, 6) is 0.204. The second-order valence-corrected chi connectivity index (χ2v) is 4.42.